The normalized spacial score (nSPS) is 11.4. The minimum Gasteiger partial charge on any atom is -0.347 e. The van der Waals surface area contributed by atoms with Crippen molar-refractivity contribution in [3.63, 3.8) is 0 Å². The summed E-state index contributed by atoms with van der Waals surface area (Å²) in [5, 5.41) is 12.4. The van der Waals surface area contributed by atoms with E-state index in [4.69, 9.17) is 16.7 Å². The largest absolute Gasteiger partial charge is 0.347 e. The van der Waals surface area contributed by atoms with Gasteiger partial charge in [0.05, 0.1) is 15.6 Å². The molecular formula is C18H18ClN5O3S. The molecule has 0 spiro atoms. The number of hydrogen-bond acceptors (Lipinski definition) is 5. The predicted molar refractivity (Wildman–Crippen MR) is 105 cm³/mol. The lowest BCUT2D eigenvalue weighted by Gasteiger charge is -2.10. The zero-order chi connectivity index (χ0) is 20.5. The van der Waals surface area contributed by atoms with E-state index in [2.05, 4.69) is 15.4 Å². The highest BCUT2D eigenvalue weighted by molar-refractivity contribution is 7.89. The second kappa shape index (κ2) is 7.70. The van der Waals surface area contributed by atoms with Crippen LogP contribution >= 0.6 is 11.6 Å². The first-order chi connectivity index (χ1) is 13.1. The molecule has 0 unspecified atom stereocenters. The van der Waals surface area contributed by atoms with Gasteiger partial charge in [-0.15, -0.1) is 0 Å². The predicted octanol–water partition coefficient (Wildman–Crippen LogP) is 2.11. The monoisotopic (exact) mass is 419 g/mol. The molecule has 0 radical (unpaired) electrons. The maximum absolute atomic E-state index is 12.6. The summed E-state index contributed by atoms with van der Waals surface area (Å²) in [5.74, 6) is -0.0224. The first-order valence-corrected chi connectivity index (χ1v) is 10.2. The number of primary sulfonamides is 1. The molecule has 3 N–H and O–H groups in total. The Morgan fingerprint density at radius 2 is 1.96 bits per heavy atom. The molecule has 0 saturated heterocycles. The van der Waals surface area contributed by atoms with Crippen LogP contribution < -0.4 is 10.5 Å². The van der Waals surface area contributed by atoms with Gasteiger partial charge in [-0.05, 0) is 49.7 Å². The van der Waals surface area contributed by atoms with Crippen molar-refractivity contribution >= 4 is 27.5 Å². The number of aryl methyl sites for hydroxylation is 2. The molecule has 146 valence electrons. The van der Waals surface area contributed by atoms with Gasteiger partial charge in [0.2, 0.25) is 10.0 Å². The van der Waals surface area contributed by atoms with Crippen LogP contribution in [-0.4, -0.2) is 29.1 Å². The van der Waals surface area contributed by atoms with Gasteiger partial charge in [-0.1, -0.05) is 23.7 Å². The number of sulfonamides is 1. The molecule has 2 heterocycles. The van der Waals surface area contributed by atoms with Crippen LogP contribution in [0, 0.1) is 13.8 Å². The average Bonchev–Trinajstić information content (AvgIpc) is 2.98. The summed E-state index contributed by atoms with van der Waals surface area (Å²) in [7, 11) is -3.82. The van der Waals surface area contributed by atoms with Crippen LogP contribution in [-0.2, 0) is 16.6 Å². The van der Waals surface area contributed by atoms with Gasteiger partial charge in [0, 0.05) is 12.2 Å². The molecule has 2 aromatic heterocycles. The number of nitrogens with two attached hydrogens (primary N) is 1. The second-order valence-electron chi connectivity index (χ2n) is 6.21. The Bertz CT molecular complexity index is 1160. The second-order valence-corrected chi connectivity index (χ2v) is 8.18. The highest BCUT2D eigenvalue weighted by Crippen LogP contribution is 2.18. The number of amides is 1. The van der Waals surface area contributed by atoms with Crippen molar-refractivity contribution < 1.29 is 13.2 Å². The fourth-order valence-corrected chi connectivity index (χ4v) is 3.44. The van der Waals surface area contributed by atoms with Crippen LogP contribution in [0.5, 0.6) is 0 Å². The molecule has 0 fully saturated rings. The lowest BCUT2D eigenvalue weighted by molar-refractivity contribution is 0.0946. The maximum Gasteiger partial charge on any atom is 0.271 e. The van der Waals surface area contributed by atoms with Crippen LogP contribution in [0.15, 0.2) is 47.4 Å². The number of nitrogens with one attached hydrogen (secondary N) is 1. The van der Waals surface area contributed by atoms with E-state index >= 15 is 0 Å². The Labute approximate surface area is 167 Å². The van der Waals surface area contributed by atoms with E-state index in [1.165, 1.54) is 12.1 Å². The SMILES string of the molecule is Cc1cc(C)n(-c2ccc(Cl)c(C(=O)NCc3cccc(S(N)(=O)=O)c3)n2)n1. The van der Waals surface area contributed by atoms with Gasteiger partial charge >= 0.3 is 0 Å². The molecule has 0 bridgehead atoms. The van der Waals surface area contributed by atoms with Gasteiger partial charge in [0.25, 0.3) is 5.91 Å². The van der Waals surface area contributed by atoms with Crippen molar-refractivity contribution in [3.05, 3.63) is 70.1 Å². The van der Waals surface area contributed by atoms with Crippen molar-refractivity contribution in [2.75, 3.05) is 0 Å². The van der Waals surface area contributed by atoms with Crippen LogP contribution in [0.1, 0.15) is 27.4 Å². The molecule has 0 saturated carbocycles. The summed E-state index contributed by atoms with van der Waals surface area (Å²) in [6.45, 7) is 3.83. The molecule has 1 amide bonds. The van der Waals surface area contributed by atoms with Gasteiger partial charge in [-0.25, -0.2) is 23.2 Å². The minimum atomic E-state index is -3.82. The van der Waals surface area contributed by atoms with Gasteiger partial charge in [-0.2, -0.15) is 5.10 Å². The van der Waals surface area contributed by atoms with Crippen molar-refractivity contribution in [2.45, 2.75) is 25.3 Å². The zero-order valence-electron chi connectivity index (χ0n) is 15.2. The quantitative estimate of drug-likeness (QED) is 0.656. The molecule has 28 heavy (non-hydrogen) atoms. The number of nitrogens with zero attached hydrogens (tertiary/aromatic N) is 3. The van der Waals surface area contributed by atoms with Gasteiger partial charge in [0.1, 0.15) is 5.69 Å². The number of aromatic nitrogens is 3. The molecule has 0 aliphatic rings. The number of halogens is 1. The van der Waals surface area contributed by atoms with E-state index in [0.717, 1.165) is 11.4 Å². The molecule has 8 nitrogen and oxygen atoms in total. The van der Waals surface area contributed by atoms with E-state index in [0.29, 0.717) is 11.4 Å². The summed E-state index contributed by atoms with van der Waals surface area (Å²) in [4.78, 5) is 16.9. The fraction of sp³-hybridized carbons (Fsp3) is 0.167. The van der Waals surface area contributed by atoms with Crippen molar-refractivity contribution in [1.29, 1.82) is 0 Å². The van der Waals surface area contributed by atoms with Crippen molar-refractivity contribution in [3.8, 4) is 5.82 Å². The highest BCUT2D eigenvalue weighted by atomic mass is 35.5. The van der Waals surface area contributed by atoms with Crippen LogP contribution in [0.25, 0.3) is 5.82 Å². The Balaban J connectivity index is 1.81. The third kappa shape index (κ3) is 4.38. The first kappa shape index (κ1) is 20.0. The molecule has 0 aliphatic heterocycles. The van der Waals surface area contributed by atoms with Gasteiger partial charge < -0.3 is 5.32 Å². The van der Waals surface area contributed by atoms with E-state index in [1.807, 2.05) is 19.9 Å². The zero-order valence-corrected chi connectivity index (χ0v) is 16.8. The summed E-state index contributed by atoms with van der Waals surface area (Å²) >= 11 is 6.14. The van der Waals surface area contributed by atoms with Gasteiger partial charge in [-0.3, -0.25) is 4.79 Å². The standard InChI is InChI=1S/C18H18ClN5O3S/c1-11-8-12(2)24(23-11)16-7-6-15(19)17(22-16)18(25)21-10-13-4-3-5-14(9-13)28(20,26)27/h3-9H,10H2,1-2H3,(H,21,25)(H2,20,26,27). The topological polar surface area (TPSA) is 120 Å². The number of pyridine rings is 1. The molecular weight excluding hydrogens is 402 g/mol. The Hall–Kier alpha value is -2.75. The van der Waals surface area contributed by atoms with Gasteiger partial charge in [0.15, 0.2) is 5.82 Å². The first-order valence-electron chi connectivity index (χ1n) is 8.25. The van der Waals surface area contributed by atoms with Crippen LogP contribution in [0.2, 0.25) is 5.02 Å². The van der Waals surface area contributed by atoms with E-state index in [-0.39, 0.29) is 22.2 Å². The Morgan fingerprint density at radius 1 is 1.21 bits per heavy atom. The lowest BCUT2D eigenvalue weighted by atomic mass is 10.2. The number of rotatable bonds is 5. The molecule has 3 aromatic rings. The third-order valence-corrected chi connectivity index (χ3v) is 5.17. The minimum absolute atomic E-state index is 0.0260. The van der Waals surface area contributed by atoms with Crippen LogP contribution in [0.4, 0.5) is 0 Å². The van der Waals surface area contributed by atoms with E-state index in [9.17, 15) is 13.2 Å². The Morgan fingerprint density at radius 3 is 2.61 bits per heavy atom. The molecule has 3 rings (SSSR count). The summed E-state index contributed by atoms with van der Waals surface area (Å²) in [6.07, 6.45) is 0. The molecule has 10 heteroatoms. The summed E-state index contributed by atoms with van der Waals surface area (Å²) < 4.78 is 24.5. The smallest absolute Gasteiger partial charge is 0.271 e. The number of benzene rings is 1. The molecule has 1 aromatic carbocycles. The summed E-state index contributed by atoms with van der Waals surface area (Å²) in [5.41, 5.74) is 2.33. The summed E-state index contributed by atoms with van der Waals surface area (Å²) in [6, 6.07) is 11.2. The van der Waals surface area contributed by atoms with E-state index < -0.39 is 15.9 Å². The number of carbonyl (C=O) groups excluding carboxylic acids is 1. The highest BCUT2D eigenvalue weighted by Gasteiger charge is 2.16. The number of carbonyl (C=O) groups is 1. The Kier molecular flexibility index (Phi) is 5.50. The third-order valence-electron chi connectivity index (χ3n) is 3.95. The maximum atomic E-state index is 12.6. The fourth-order valence-electron chi connectivity index (χ4n) is 2.67. The molecule has 0 atom stereocenters. The van der Waals surface area contributed by atoms with Crippen molar-refractivity contribution in [1.82, 2.24) is 20.1 Å². The average molecular weight is 420 g/mol. The molecule has 0 aliphatic carbocycles. The lowest BCUT2D eigenvalue weighted by Crippen LogP contribution is -2.25. The van der Waals surface area contributed by atoms with Crippen molar-refractivity contribution in [2.24, 2.45) is 5.14 Å². The van der Waals surface area contributed by atoms with E-state index in [1.54, 1.807) is 28.9 Å². The van der Waals surface area contributed by atoms with Crippen LogP contribution in [0.3, 0.4) is 0 Å². The number of hydrogen-bond donors (Lipinski definition) is 2.